The summed E-state index contributed by atoms with van der Waals surface area (Å²) in [5.74, 6) is 0.531. The van der Waals surface area contributed by atoms with Gasteiger partial charge in [-0.25, -0.2) is 9.67 Å². The van der Waals surface area contributed by atoms with Gasteiger partial charge in [-0.05, 0) is 44.7 Å². The van der Waals surface area contributed by atoms with Gasteiger partial charge in [0.05, 0.1) is 23.0 Å². The number of nitrogens with one attached hydrogen (secondary N) is 1. The van der Waals surface area contributed by atoms with Crippen LogP contribution in [0.15, 0.2) is 24.5 Å². The van der Waals surface area contributed by atoms with Crippen LogP contribution in [0, 0.1) is 12.8 Å². The minimum absolute atomic E-state index is 0.0249. The van der Waals surface area contributed by atoms with Crippen LogP contribution in [-0.4, -0.2) is 26.7 Å². The largest absolute Gasteiger partial charge is 0.417 e. The van der Waals surface area contributed by atoms with Gasteiger partial charge in [0.25, 0.3) is 5.91 Å². The van der Waals surface area contributed by atoms with E-state index in [2.05, 4.69) is 29.2 Å². The Labute approximate surface area is 150 Å². The number of carbonyl (C=O) groups excluding carboxylic acids is 1. The van der Waals surface area contributed by atoms with Crippen molar-refractivity contribution in [1.29, 1.82) is 0 Å². The highest BCUT2D eigenvalue weighted by Gasteiger charge is 2.30. The Morgan fingerprint density at radius 2 is 1.88 bits per heavy atom. The molecule has 2 rings (SSSR count). The number of pyridine rings is 1. The summed E-state index contributed by atoms with van der Waals surface area (Å²) in [6, 6.07) is 2.20. The highest BCUT2D eigenvalue weighted by molar-refractivity contribution is 5.95. The molecule has 2 aromatic heterocycles. The third-order valence-corrected chi connectivity index (χ3v) is 4.10. The summed E-state index contributed by atoms with van der Waals surface area (Å²) in [4.78, 5) is 16.2. The van der Waals surface area contributed by atoms with Crippen LogP contribution in [0.3, 0.4) is 0 Å². The first-order chi connectivity index (χ1) is 12.1. The molecule has 1 unspecified atom stereocenters. The van der Waals surface area contributed by atoms with Crippen LogP contribution in [0.25, 0.3) is 5.82 Å². The predicted molar refractivity (Wildman–Crippen MR) is 92.1 cm³/mol. The topological polar surface area (TPSA) is 59.8 Å². The van der Waals surface area contributed by atoms with E-state index in [1.165, 1.54) is 16.9 Å². The standard InChI is InChI=1S/C18H23F3N4O/c1-11(2)5-6-12(3)24-17(26)15-10-23-25(13(15)4)16-8-7-14(9-22-16)18(19,20)21/h7-12H,5-6H2,1-4H3,(H,24,26). The lowest BCUT2D eigenvalue weighted by molar-refractivity contribution is -0.137. The van der Waals surface area contributed by atoms with Gasteiger partial charge in [0, 0.05) is 12.2 Å². The molecular weight excluding hydrogens is 345 g/mol. The van der Waals surface area contributed by atoms with Crippen LogP contribution in [-0.2, 0) is 6.18 Å². The van der Waals surface area contributed by atoms with Crippen molar-refractivity contribution in [2.24, 2.45) is 5.92 Å². The Hall–Kier alpha value is -2.38. The molecule has 0 aliphatic carbocycles. The molecule has 0 bridgehead atoms. The Bertz CT molecular complexity index is 751. The van der Waals surface area contributed by atoms with E-state index in [1.807, 2.05) is 6.92 Å². The summed E-state index contributed by atoms with van der Waals surface area (Å²) in [5.41, 5.74) is 0.0666. The quantitative estimate of drug-likeness (QED) is 0.833. The minimum atomic E-state index is -4.44. The Morgan fingerprint density at radius 3 is 2.42 bits per heavy atom. The zero-order valence-electron chi connectivity index (χ0n) is 15.3. The lowest BCUT2D eigenvalue weighted by Crippen LogP contribution is -2.33. The van der Waals surface area contributed by atoms with Crippen molar-refractivity contribution < 1.29 is 18.0 Å². The number of nitrogens with zero attached hydrogens (tertiary/aromatic N) is 3. The SMILES string of the molecule is Cc1c(C(=O)NC(C)CCC(C)C)cnn1-c1ccc(C(F)(F)F)cn1. The number of aromatic nitrogens is 3. The van der Waals surface area contributed by atoms with Crippen LogP contribution in [0.4, 0.5) is 13.2 Å². The number of hydrogen-bond acceptors (Lipinski definition) is 3. The maximum Gasteiger partial charge on any atom is 0.417 e. The molecule has 0 aromatic carbocycles. The van der Waals surface area contributed by atoms with E-state index >= 15 is 0 Å². The summed E-state index contributed by atoms with van der Waals surface area (Å²) in [5, 5.41) is 7.02. The van der Waals surface area contributed by atoms with Gasteiger partial charge in [0.1, 0.15) is 0 Å². The van der Waals surface area contributed by atoms with Crippen LogP contribution < -0.4 is 5.32 Å². The van der Waals surface area contributed by atoms with Gasteiger partial charge in [-0.15, -0.1) is 0 Å². The molecule has 8 heteroatoms. The summed E-state index contributed by atoms with van der Waals surface area (Å²) in [6.07, 6.45) is -0.405. The van der Waals surface area contributed by atoms with Gasteiger partial charge in [0.2, 0.25) is 0 Å². The minimum Gasteiger partial charge on any atom is -0.349 e. The van der Waals surface area contributed by atoms with Gasteiger partial charge in [-0.2, -0.15) is 18.3 Å². The molecule has 5 nitrogen and oxygen atoms in total. The van der Waals surface area contributed by atoms with Crippen molar-refractivity contribution in [1.82, 2.24) is 20.1 Å². The van der Waals surface area contributed by atoms with Crippen molar-refractivity contribution in [2.75, 3.05) is 0 Å². The van der Waals surface area contributed by atoms with Crippen molar-refractivity contribution >= 4 is 5.91 Å². The molecule has 0 saturated heterocycles. The van der Waals surface area contributed by atoms with E-state index in [1.54, 1.807) is 6.92 Å². The second kappa shape index (κ2) is 7.88. The fourth-order valence-electron chi connectivity index (χ4n) is 2.50. The predicted octanol–water partition coefficient (Wildman–Crippen LogP) is 4.15. The first-order valence-corrected chi connectivity index (χ1v) is 8.48. The number of hydrogen-bond donors (Lipinski definition) is 1. The number of rotatable bonds is 6. The number of carbonyl (C=O) groups is 1. The van der Waals surface area contributed by atoms with Gasteiger partial charge in [-0.1, -0.05) is 13.8 Å². The number of amides is 1. The van der Waals surface area contributed by atoms with Gasteiger partial charge in [0.15, 0.2) is 5.82 Å². The van der Waals surface area contributed by atoms with Crippen LogP contribution in [0.2, 0.25) is 0 Å². The molecule has 2 heterocycles. The molecule has 0 radical (unpaired) electrons. The zero-order chi connectivity index (χ0) is 19.5. The molecule has 0 fully saturated rings. The van der Waals surface area contributed by atoms with E-state index in [9.17, 15) is 18.0 Å². The van der Waals surface area contributed by atoms with E-state index in [-0.39, 0.29) is 17.8 Å². The van der Waals surface area contributed by atoms with Gasteiger partial charge in [-0.3, -0.25) is 4.79 Å². The molecule has 0 saturated carbocycles. The third-order valence-electron chi connectivity index (χ3n) is 4.10. The second-order valence-electron chi connectivity index (χ2n) is 6.80. The monoisotopic (exact) mass is 368 g/mol. The molecule has 0 spiro atoms. The Kier molecular flexibility index (Phi) is 6.05. The fourth-order valence-corrected chi connectivity index (χ4v) is 2.50. The van der Waals surface area contributed by atoms with Crippen LogP contribution in [0.5, 0.6) is 0 Å². The van der Waals surface area contributed by atoms with E-state index in [4.69, 9.17) is 0 Å². The summed E-state index contributed by atoms with van der Waals surface area (Å²) < 4.78 is 39.2. The van der Waals surface area contributed by atoms with Gasteiger partial charge >= 0.3 is 6.18 Å². The fraction of sp³-hybridized carbons (Fsp3) is 0.500. The van der Waals surface area contributed by atoms with E-state index in [0.29, 0.717) is 17.2 Å². The third kappa shape index (κ3) is 4.83. The van der Waals surface area contributed by atoms with Crippen LogP contribution in [0.1, 0.15) is 55.2 Å². The van der Waals surface area contributed by atoms with Crippen molar-refractivity contribution in [3.8, 4) is 5.82 Å². The molecule has 1 atom stereocenters. The summed E-state index contributed by atoms with van der Waals surface area (Å²) in [7, 11) is 0. The van der Waals surface area contributed by atoms with Crippen LogP contribution >= 0.6 is 0 Å². The maximum absolute atomic E-state index is 12.6. The summed E-state index contributed by atoms with van der Waals surface area (Å²) >= 11 is 0. The van der Waals surface area contributed by atoms with Crippen molar-refractivity contribution in [2.45, 2.75) is 52.8 Å². The number of halogens is 3. The molecule has 142 valence electrons. The smallest absolute Gasteiger partial charge is 0.349 e. The second-order valence-corrected chi connectivity index (χ2v) is 6.80. The molecule has 0 aliphatic rings. The zero-order valence-corrected chi connectivity index (χ0v) is 15.3. The van der Waals surface area contributed by atoms with E-state index < -0.39 is 11.7 Å². The highest BCUT2D eigenvalue weighted by Crippen LogP contribution is 2.28. The first-order valence-electron chi connectivity index (χ1n) is 8.48. The maximum atomic E-state index is 12.6. The molecule has 1 N–H and O–H groups in total. The normalized spacial score (nSPS) is 13.1. The Morgan fingerprint density at radius 1 is 1.19 bits per heavy atom. The lowest BCUT2D eigenvalue weighted by atomic mass is 10.0. The lowest BCUT2D eigenvalue weighted by Gasteiger charge is -2.15. The molecule has 2 aromatic rings. The first kappa shape index (κ1) is 19.9. The number of alkyl halides is 3. The summed E-state index contributed by atoms with van der Waals surface area (Å²) in [6.45, 7) is 7.87. The van der Waals surface area contributed by atoms with Crippen molar-refractivity contribution in [3.63, 3.8) is 0 Å². The molecule has 0 aliphatic heterocycles. The van der Waals surface area contributed by atoms with Crippen molar-refractivity contribution in [3.05, 3.63) is 41.3 Å². The molecular formula is C18H23F3N4O. The van der Waals surface area contributed by atoms with E-state index in [0.717, 1.165) is 25.1 Å². The average molecular weight is 368 g/mol. The van der Waals surface area contributed by atoms with Gasteiger partial charge < -0.3 is 5.32 Å². The Balaban J connectivity index is 2.13. The molecule has 1 amide bonds. The molecule has 26 heavy (non-hydrogen) atoms. The highest BCUT2D eigenvalue weighted by atomic mass is 19.4. The average Bonchev–Trinajstić information content (AvgIpc) is 2.94.